The second-order valence-corrected chi connectivity index (χ2v) is 8.21. The lowest BCUT2D eigenvalue weighted by molar-refractivity contribution is -0.121. The van der Waals surface area contributed by atoms with Gasteiger partial charge in [0.05, 0.1) is 11.4 Å². The van der Waals surface area contributed by atoms with Crippen molar-refractivity contribution in [2.24, 2.45) is 0 Å². The third kappa shape index (κ3) is 5.68. The zero-order valence-corrected chi connectivity index (χ0v) is 16.1. The van der Waals surface area contributed by atoms with Crippen LogP contribution in [0.5, 0.6) is 0 Å². The first kappa shape index (κ1) is 20.1. The number of aryl methyl sites for hydroxylation is 1. The van der Waals surface area contributed by atoms with Crippen molar-refractivity contribution in [1.82, 2.24) is 9.62 Å². The van der Waals surface area contributed by atoms with E-state index in [1.165, 1.54) is 4.31 Å². The van der Waals surface area contributed by atoms with Crippen molar-refractivity contribution < 1.29 is 13.2 Å². The van der Waals surface area contributed by atoms with E-state index in [0.717, 1.165) is 24.0 Å². The zero-order valence-electron chi connectivity index (χ0n) is 15.3. The number of amides is 1. The fourth-order valence-electron chi connectivity index (χ4n) is 2.49. The topological polar surface area (TPSA) is 66.5 Å². The Bertz CT molecular complexity index is 803. The average Bonchev–Trinajstić information content (AvgIpc) is 2.62. The molecule has 2 rings (SSSR count). The highest BCUT2D eigenvalue weighted by Crippen LogP contribution is 2.19. The number of benzene rings is 2. The molecule has 1 N–H and O–H groups in total. The minimum absolute atomic E-state index is 0.151. The molecule has 26 heavy (non-hydrogen) atoms. The van der Waals surface area contributed by atoms with Gasteiger partial charge < -0.3 is 5.32 Å². The standard InChI is InChI=1S/C20H26N2O3S/c1-3-4-14-21-20(23)16-22(15-18-8-6-5-7-9-18)26(24,25)19-12-10-17(2)11-13-19/h5-13H,3-4,14-16H2,1-2H3,(H,21,23). The zero-order chi connectivity index (χ0) is 19.0. The first-order valence-electron chi connectivity index (χ1n) is 8.81. The highest BCUT2D eigenvalue weighted by atomic mass is 32.2. The smallest absolute Gasteiger partial charge is 0.243 e. The quantitative estimate of drug-likeness (QED) is 0.686. The van der Waals surface area contributed by atoms with Crippen molar-refractivity contribution in [2.75, 3.05) is 13.1 Å². The number of sulfonamides is 1. The molecule has 0 atom stereocenters. The molecule has 0 bridgehead atoms. The van der Waals surface area contributed by atoms with Crippen LogP contribution in [0.1, 0.15) is 30.9 Å². The van der Waals surface area contributed by atoms with Crippen LogP contribution in [0.15, 0.2) is 59.5 Å². The van der Waals surface area contributed by atoms with Crippen LogP contribution < -0.4 is 5.32 Å². The SMILES string of the molecule is CCCCNC(=O)CN(Cc1ccccc1)S(=O)(=O)c1ccc(C)cc1. The van der Waals surface area contributed by atoms with E-state index in [1.54, 1.807) is 24.3 Å². The summed E-state index contributed by atoms with van der Waals surface area (Å²) in [6, 6.07) is 16.0. The predicted molar refractivity (Wildman–Crippen MR) is 103 cm³/mol. The van der Waals surface area contributed by atoms with Crippen molar-refractivity contribution in [3.63, 3.8) is 0 Å². The molecule has 0 saturated carbocycles. The normalized spacial score (nSPS) is 11.5. The summed E-state index contributed by atoms with van der Waals surface area (Å²) in [7, 11) is -3.77. The van der Waals surface area contributed by atoms with Gasteiger partial charge >= 0.3 is 0 Å². The average molecular weight is 375 g/mol. The molecule has 0 aliphatic heterocycles. The molecule has 0 aromatic heterocycles. The van der Waals surface area contributed by atoms with Gasteiger partial charge in [0.15, 0.2) is 0 Å². The van der Waals surface area contributed by atoms with Gasteiger partial charge in [-0.2, -0.15) is 4.31 Å². The molecule has 0 aliphatic carbocycles. The molecule has 6 heteroatoms. The van der Waals surface area contributed by atoms with E-state index in [-0.39, 0.29) is 23.9 Å². The molecule has 140 valence electrons. The van der Waals surface area contributed by atoms with Gasteiger partial charge in [-0.15, -0.1) is 0 Å². The molecule has 1 amide bonds. The summed E-state index contributed by atoms with van der Waals surface area (Å²) in [6.45, 7) is 4.45. The number of carbonyl (C=O) groups excluding carboxylic acids is 1. The summed E-state index contributed by atoms with van der Waals surface area (Å²) in [5.41, 5.74) is 1.82. The van der Waals surface area contributed by atoms with E-state index < -0.39 is 10.0 Å². The Balaban J connectivity index is 2.23. The summed E-state index contributed by atoms with van der Waals surface area (Å²) in [5.74, 6) is -0.287. The lowest BCUT2D eigenvalue weighted by Crippen LogP contribution is -2.40. The Morgan fingerprint density at radius 3 is 2.31 bits per heavy atom. The Labute approximate surface area is 156 Å². The van der Waals surface area contributed by atoms with Crippen LogP contribution in [0.2, 0.25) is 0 Å². The van der Waals surface area contributed by atoms with E-state index >= 15 is 0 Å². The van der Waals surface area contributed by atoms with Gasteiger partial charge in [0, 0.05) is 13.1 Å². The van der Waals surface area contributed by atoms with Gasteiger partial charge in [-0.05, 0) is 31.0 Å². The first-order valence-corrected chi connectivity index (χ1v) is 10.2. The Hall–Kier alpha value is -2.18. The molecule has 0 heterocycles. The van der Waals surface area contributed by atoms with E-state index in [1.807, 2.05) is 44.2 Å². The highest BCUT2D eigenvalue weighted by molar-refractivity contribution is 7.89. The second-order valence-electron chi connectivity index (χ2n) is 6.28. The third-order valence-electron chi connectivity index (χ3n) is 4.03. The van der Waals surface area contributed by atoms with Crippen molar-refractivity contribution in [2.45, 2.75) is 38.1 Å². The van der Waals surface area contributed by atoms with Crippen molar-refractivity contribution in [3.8, 4) is 0 Å². The highest BCUT2D eigenvalue weighted by Gasteiger charge is 2.26. The summed E-state index contributed by atoms with van der Waals surface area (Å²) >= 11 is 0. The summed E-state index contributed by atoms with van der Waals surface area (Å²) in [5, 5.41) is 2.79. The molecule has 0 radical (unpaired) electrons. The second kappa shape index (κ2) is 9.50. The number of hydrogen-bond acceptors (Lipinski definition) is 3. The van der Waals surface area contributed by atoms with Crippen LogP contribution >= 0.6 is 0 Å². The number of unbranched alkanes of at least 4 members (excludes halogenated alkanes) is 1. The van der Waals surface area contributed by atoms with E-state index in [0.29, 0.717) is 6.54 Å². The number of carbonyl (C=O) groups is 1. The van der Waals surface area contributed by atoms with Crippen LogP contribution in [-0.2, 0) is 21.4 Å². The number of rotatable bonds is 9. The summed E-state index contributed by atoms with van der Waals surface area (Å²) < 4.78 is 27.3. The fourth-order valence-corrected chi connectivity index (χ4v) is 3.88. The van der Waals surface area contributed by atoms with Gasteiger partial charge in [0.25, 0.3) is 0 Å². The molecule has 5 nitrogen and oxygen atoms in total. The van der Waals surface area contributed by atoms with E-state index in [2.05, 4.69) is 5.32 Å². The van der Waals surface area contributed by atoms with Crippen LogP contribution in [-0.4, -0.2) is 31.7 Å². The number of hydrogen-bond donors (Lipinski definition) is 1. The molecule has 2 aromatic rings. The Morgan fingerprint density at radius 1 is 1.04 bits per heavy atom. The van der Waals surface area contributed by atoms with Gasteiger partial charge in [0.2, 0.25) is 15.9 Å². The number of nitrogens with zero attached hydrogens (tertiary/aromatic N) is 1. The molecular weight excluding hydrogens is 348 g/mol. The van der Waals surface area contributed by atoms with Crippen LogP contribution in [0, 0.1) is 6.92 Å². The monoisotopic (exact) mass is 374 g/mol. The van der Waals surface area contributed by atoms with E-state index in [9.17, 15) is 13.2 Å². The maximum Gasteiger partial charge on any atom is 0.243 e. The summed E-state index contributed by atoms with van der Waals surface area (Å²) in [4.78, 5) is 12.4. The lowest BCUT2D eigenvalue weighted by atomic mass is 10.2. The predicted octanol–water partition coefficient (Wildman–Crippen LogP) is 3.10. The molecule has 2 aromatic carbocycles. The fraction of sp³-hybridized carbons (Fsp3) is 0.350. The van der Waals surface area contributed by atoms with Gasteiger partial charge in [0.1, 0.15) is 0 Å². The third-order valence-corrected chi connectivity index (χ3v) is 5.84. The molecule has 0 unspecified atom stereocenters. The molecule has 0 aliphatic rings. The largest absolute Gasteiger partial charge is 0.355 e. The summed E-state index contributed by atoms with van der Waals surface area (Å²) in [6.07, 6.45) is 1.84. The van der Waals surface area contributed by atoms with Crippen LogP contribution in [0.3, 0.4) is 0 Å². The minimum Gasteiger partial charge on any atom is -0.355 e. The molecule has 0 spiro atoms. The van der Waals surface area contributed by atoms with E-state index in [4.69, 9.17) is 0 Å². The van der Waals surface area contributed by atoms with Gasteiger partial charge in [-0.25, -0.2) is 8.42 Å². The van der Waals surface area contributed by atoms with Crippen LogP contribution in [0.25, 0.3) is 0 Å². The molecule has 0 fully saturated rings. The Kier molecular flexibility index (Phi) is 7.36. The van der Waals surface area contributed by atoms with Gasteiger partial charge in [-0.1, -0.05) is 61.4 Å². The van der Waals surface area contributed by atoms with Crippen LogP contribution in [0.4, 0.5) is 0 Å². The number of nitrogens with one attached hydrogen (secondary N) is 1. The minimum atomic E-state index is -3.77. The Morgan fingerprint density at radius 2 is 1.69 bits per heavy atom. The van der Waals surface area contributed by atoms with Crippen molar-refractivity contribution in [1.29, 1.82) is 0 Å². The lowest BCUT2D eigenvalue weighted by Gasteiger charge is -2.22. The molecule has 0 saturated heterocycles. The van der Waals surface area contributed by atoms with Crippen molar-refractivity contribution >= 4 is 15.9 Å². The van der Waals surface area contributed by atoms with Gasteiger partial charge in [-0.3, -0.25) is 4.79 Å². The maximum absolute atomic E-state index is 13.1. The van der Waals surface area contributed by atoms with Crippen molar-refractivity contribution in [3.05, 3.63) is 65.7 Å². The maximum atomic E-state index is 13.1. The molecular formula is C20H26N2O3S. The first-order chi connectivity index (χ1) is 12.4.